The fourth-order valence-corrected chi connectivity index (χ4v) is 3.28. The monoisotopic (exact) mass is 370 g/mol. The van der Waals surface area contributed by atoms with Gasteiger partial charge in [-0.3, -0.25) is 4.72 Å². The van der Waals surface area contributed by atoms with Crippen molar-refractivity contribution in [2.24, 2.45) is 0 Å². The first-order valence-electron chi connectivity index (χ1n) is 5.40. The Morgan fingerprint density at radius 2 is 1.95 bits per heavy atom. The third-order valence-electron chi connectivity index (χ3n) is 2.45. The highest BCUT2D eigenvalue weighted by molar-refractivity contribution is 9.10. The van der Waals surface area contributed by atoms with E-state index in [1.807, 2.05) is 6.07 Å². The fraction of sp³-hybridized carbons (Fsp3) is 0. The van der Waals surface area contributed by atoms with E-state index < -0.39 is 10.0 Å². The molecule has 0 unspecified atom stereocenters. The second kappa shape index (κ2) is 5.83. The van der Waals surface area contributed by atoms with Crippen molar-refractivity contribution in [1.82, 2.24) is 0 Å². The van der Waals surface area contributed by atoms with Gasteiger partial charge in [0.05, 0.1) is 22.2 Å². The number of halogens is 2. The SMILES string of the molecule is N#Cc1cccc(S(=O)(=O)Nc2cc(Cl)ccc2Br)c1. The highest BCUT2D eigenvalue weighted by Gasteiger charge is 2.16. The smallest absolute Gasteiger partial charge is 0.261 e. The Kier molecular flexibility index (Phi) is 4.33. The van der Waals surface area contributed by atoms with Crippen molar-refractivity contribution < 1.29 is 8.42 Å². The summed E-state index contributed by atoms with van der Waals surface area (Å²) in [6.07, 6.45) is 0. The number of hydrogen-bond acceptors (Lipinski definition) is 3. The maximum atomic E-state index is 12.2. The Morgan fingerprint density at radius 1 is 1.20 bits per heavy atom. The van der Waals surface area contributed by atoms with Gasteiger partial charge < -0.3 is 0 Å². The Labute approximate surface area is 130 Å². The van der Waals surface area contributed by atoms with Crippen LogP contribution in [-0.4, -0.2) is 8.42 Å². The molecule has 0 aromatic heterocycles. The van der Waals surface area contributed by atoms with Gasteiger partial charge in [-0.2, -0.15) is 5.26 Å². The first kappa shape index (κ1) is 14.9. The number of nitrogens with zero attached hydrogens (tertiary/aromatic N) is 1. The van der Waals surface area contributed by atoms with Crippen LogP contribution in [0.4, 0.5) is 5.69 Å². The topological polar surface area (TPSA) is 70.0 Å². The molecule has 0 radical (unpaired) electrons. The lowest BCUT2D eigenvalue weighted by molar-refractivity contribution is 0.601. The lowest BCUT2D eigenvalue weighted by Gasteiger charge is -2.10. The molecule has 1 N–H and O–H groups in total. The quantitative estimate of drug-likeness (QED) is 0.892. The van der Waals surface area contributed by atoms with E-state index in [9.17, 15) is 8.42 Å². The van der Waals surface area contributed by atoms with Gasteiger partial charge in [0.1, 0.15) is 0 Å². The minimum absolute atomic E-state index is 0.0171. The van der Waals surface area contributed by atoms with Crippen LogP contribution in [0.3, 0.4) is 0 Å². The number of benzene rings is 2. The Bertz CT molecular complexity index is 800. The molecule has 2 aromatic carbocycles. The molecule has 0 aliphatic rings. The molecule has 0 bridgehead atoms. The largest absolute Gasteiger partial charge is 0.278 e. The molecule has 0 saturated heterocycles. The second-order valence-corrected chi connectivity index (χ2v) is 6.84. The van der Waals surface area contributed by atoms with Crippen LogP contribution < -0.4 is 4.72 Å². The summed E-state index contributed by atoms with van der Waals surface area (Å²) in [5, 5.41) is 9.22. The summed E-state index contributed by atoms with van der Waals surface area (Å²) in [6, 6.07) is 12.5. The number of nitriles is 1. The van der Waals surface area contributed by atoms with Gasteiger partial charge in [-0.25, -0.2) is 8.42 Å². The number of hydrogen-bond donors (Lipinski definition) is 1. The third kappa shape index (κ3) is 3.31. The van der Waals surface area contributed by atoms with Gasteiger partial charge in [0.25, 0.3) is 10.0 Å². The summed E-state index contributed by atoms with van der Waals surface area (Å²) in [6.45, 7) is 0. The van der Waals surface area contributed by atoms with E-state index in [2.05, 4.69) is 20.7 Å². The molecule has 20 heavy (non-hydrogen) atoms. The third-order valence-corrected chi connectivity index (χ3v) is 4.74. The number of rotatable bonds is 3. The van der Waals surface area contributed by atoms with Crippen molar-refractivity contribution in [3.8, 4) is 6.07 Å². The number of anilines is 1. The van der Waals surface area contributed by atoms with Crippen molar-refractivity contribution in [2.75, 3.05) is 4.72 Å². The Hall–Kier alpha value is -1.55. The molecule has 0 heterocycles. The minimum atomic E-state index is -3.77. The molecule has 2 rings (SSSR count). The molecule has 4 nitrogen and oxygen atoms in total. The standard InChI is InChI=1S/C13H8BrClN2O2S/c14-12-5-4-10(15)7-13(12)17-20(18,19)11-3-1-2-9(6-11)8-16/h1-7,17H. The summed E-state index contributed by atoms with van der Waals surface area (Å²) in [4.78, 5) is 0.0171. The van der Waals surface area contributed by atoms with Gasteiger partial charge in [0.15, 0.2) is 0 Å². The average Bonchev–Trinajstić information content (AvgIpc) is 2.43. The van der Waals surface area contributed by atoms with Crippen LogP contribution in [0, 0.1) is 11.3 Å². The van der Waals surface area contributed by atoms with Gasteiger partial charge in [-0.05, 0) is 52.3 Å². The van der Waals surface area contributed by atoms with Crippen LogP contribution in [-0.2, 0) is 10.0 Å². The van der Waals surface area contributed by atoms with E-state index in [1.54, 1.807) is 12.1 Å². The zero-order valence-electron chi connectivity index (χ0n) is 9.97. The summed E-state index contributed by atoms with van der Waals surface area (Å²) in [7, 11) is -3.77. The molecule has 2 aromatic rings. The van der Waals surface area contributed by atoms with Crippen molar-refractivity contribution in [3.63, 3.8) is 0 Å². The molecule has 0 saturated carbocycles. The molecular formula is C13H8BrClN2O2S. The van der Waals surface area contributed by atoms with E-state index in [0.717, 1.165) is 0 Å². The predicted molar refractivity (Wildman–Crippen MR) is 81.1 cm³/mol. The molecule has 0 atom stereocenters. The van der Waals surface area contributed by atoms with Gasteiger partial charge in [-0.1, -0.05) is 17.7 Å². The van der Waals surface area contributed by atoms with E-state index in [-0.39, 0.29) is 10.5 Å². The van der Waals surface area contributed by atoms with Crippen LogP contribution in [0.25, 0.3) is 0 Å². The highest BCUT2D eigenvalue weighted by atomic mass is 79.9. The van der Waals surface area contributed by atoms with Crippen LogP contribution in [0.5, 0.6) is 0 Å². The first-order valence-corrected chi connectivity index (χ1v) is 8.06. The van der Waals surface area contributed by atoms with Gasteiger partial charge >= 0.3 is 0 Å². The average molecular weight is 372 g/mol. The van der Waals surface area contributed by atoms with Crippen LogP contribution in [0.1, 0.15) is 5.56 Å². The lowest BCUT2D eigenvalue weighted by atomic mass is 10.2. The van der Waals surface area contributed by atoms with Crippen LogP contribution >= 0.6 is 27.5 Å². The molecule has 0 amide bonds. The van der Waals surface area contributed by atoms with Gasteiger partial charge in [-0.15, -0.1) is 0 Å². The molecule has 0 aliphatic carbocycles. The molecule has 102 valence electrons. The maximum Gasteiger partial charge on any atom is 0.261 e. The van der Waals surface area contributed by atoms with Crippen molar-refractivity contribution in [1.29, 1.82) is 5.26 Å². The zero-order valence-corrected chi connectivity index (χ0v) is 13.1. The molecule has 0 aliphatic heterocycles. The summed E-state index contributed by atoms with van der Waals surface area (Å²) in [5.74, 6) is 0. The fourth-order valence-electron chi connectivity index (χ4n) is 1.51. The Morgan fingerprint density at radius 3 is 2.65 bits per heavy atom. The predicted octanol–water partition coefficient (Wildman–Crippen LogP) is 3.77. The molecular weight excluding hydrogens is 364 g/mol. The van der Waals surface area contributed by atoms with Crippen molar-refractivity contribution in [2.45, 2.75) is 4.90 Å². The minimum Gasteiger partial charge on any atom is -0.278 e. The molecule has 0 spiro atoms. The van der Waals surface area contributed by atoms with E-state index in [0.29, 0.717) is 15.2 Å². The van der Waals surface area contributed by atoms with Gasteiger partial charge in [0, 0.05) is 9.50 Å². The first-order chi connectivity index (χ1) is 9.42. The van der Waals surface area contributed by atoms with Crippen LogP contribution in [0.2, 0.25) is 5.02 Å². The Balaban J connectivity index is 2.41. The van der Waals surface area contributed by atoms with Crippen molar-refractivity contribution in [3.05, 3.63) is 57.5 Å². The van der Waals surface area contributed by atoms with Gasteiger partial charge in [0.2, 0.25) is 0 Å². The van der Waals surface area contributed by atoms with Crippen LogP contribution in [0.15, 0.2) is 51.8 Å². The van der Waals surface area contributed by atoms with E-state index >= 15 is 0 Å². The number of sulfonamides is 1. The lowest BCUT2D eigenvalue weighted by Crippen LogP contribution is -2.13. The zero-order chi connectivity index (χ0) is 14.8. The second-order valence-electron chi connectivity index (χ2n) is 3.87. The highest BCUT2D eigenvalue weighted by Crippen LogP contribution is 2.28. The summed E-state index contributed by atoms with van der Waals surface area (Å²) < 4.78 is 27.5. The summed E-state index contributed by atoms with van der Waals surface area (Å²) in [5.41, 5.74) is 0.609. The summed E-state index contributed by atoms with van der Waals surface area (Å²) >= 11 is 9.09. The molecule has 0 fully saturated rings. The maximum absolute atomic E-state index is 12.2. The van der Waals surface area contributed by atoms with E-state index in [1.165, 1.54) is 30.3 Å². The number of nitrogens with one attached hydrogen (secondary N) is 1. The normalized spacial score (nSPS) is 10.8. The molecule has 7 heteroatoms. The van der Waals surface area contributed by atoms with Crippen molar-refractivity contribution >= 4 is 43.2 Å². The van der Waals surface area contributed by atoms with E-state index in [4.69, 9.17) is 16.9 Å².